The summed E-state index contributed by atoms with van der Waals surface area (Å²) in [5.41, 5.74) is -0.103. The zero-order chi connectivity index (χ0) is 16.5. The largest absolute Gasteiger partial charge is 0.444 e. The highest BCUT2D eigenvalue weighted by Crippen LogP contribution is 2.28. The SMILES string of the molecule is CC(C)(C)OC(=O)NCCN1C(=O)c2cccc(Cl)c2C1=O. The van der Waals surface area contributed by atoms with Crippen LogP contribution >= 0.6 is 11.6 Å². The maximum atomic E-state index is 12.2. The molecular formula is C15H17ClN2O4. The van der Waals surface area contributed by atoms with Gasteiger partial charge in [0.25, 0.3) is 11.8 Å². The minimum atomic E-state index is -0.604. The monoisotopic (exact) mass is 324 g/mol. The molecule has 1 aliphatic rings. The fourth-order valence-corrected chi connectivity index (χ4v) is 2.33. The Kier molecular flexibility index (Phi) is 4.42. The Morgan fingerprint density at radius 2 is 1.95 bits per heavy atom. The van der Waals surface area contributed by atoms with Gasteiger partial charge in [-0.3, -0.25) is 14.5 Å². The van der Waals surface area contributed by atoms with Gasteiger partial charge in [0.15, 0.2) is 0 Å². The molecule has 0 aliphatic carbocycles. The van der Waals surface area contributed by atoms with Crippen LogP contribution in [0.3, 0.4) is 0 Å². The summed E-state index contributed by atoms with van der Waals surface area (Å²) in [4.78, 5) is 37.0. The average molecular weight is 325 g/mol. The quantitative estimate of drug-likeness (QED) is 0.867. The lowest BCUT2D eigenvalue weighted by Gasteiger charge is -2.20. The number of alkyl carbamates (subject to hydrolysis) is 1. The number of nitrogens with zero attached hydrogens (tertiary/aromatic N) is 1. The van der Waals surface area contributed by atoms with E-state index in [1.54, 1.807) is 39.0 Å². The minimum absolute atomic E-state index is 0.0575. The van der Waals surface area contributed by atoms with Crippen LogP contribution in [0.15, 0.2) is 18.2 Å². The van der Waals surface area contributed by atoms with Crippen molar-refractivity contribution in [2.75, 3.05) is 13.1 Å². The molecule has 118 valence electrons. The second-order valence-corrected chi connectivity index (χ2v) is 6.26. The number of imide groups is 1. The number of hydrogen-bond acceptors (Lipinski definition) is 4. The lowest BCUT2D eigenvalue weighted by molar-refractivity contribution is 0.0504. The van der Waals surface area contributed by atoms with Gasteiger partial charge in [0.05, 0.1) is 16.1 Å². The van der Waals surface area contributed by atoms with Crippen LogP contribution in [-0.4, -0.2) is 41.5 Å². The highest BCUT2D eigenvalue weighted by Gasteiger charge is 2.36. The van der Waals surface area contributed by atoms with Gasteiger partial charge in [-0.05, 0) is 32.9 Å². The van der Waals surface area contributed by atoms with E-state index < -0.39 is 23.5 Å². The summed E-state index contributed by atoms with van der Waals surface area (Å²) in [6, 6.07) is 4.74. The fourth-order valence-electron chi connectivity index (χ4n) is 2.08. The molecule has 0 spiro atoms. The smallest absolute Gasteiger partial charge is 0.407 e. The lowest BCUT2D eigenvalue weighted by atomic mass is 10.1. The van der Waals surface area contributed by atoms with Gasteiger partial charge in [0.1, 0.15) is 5.60 Å². The molecule has 1 aliphatic heterocycles. The van der Waals surface area contributed by atoms with Crippen molar-refractivity contribution in [1.29, 1.82) is 0 Å². The van der Waals surface area contributed by atoms with Crippen LogP contribution in [0.5, 0.6) is 0 Å². The van der Waals surface area contributed by atoms with Crippen molar-refractivity contribution < 1.29 is 19.1 Å². The molecule has 0 saturated carbocycles. The topological polar surface area (TPSA) is 75.7 Å². The predicted molar refractivity (Wildman–Crippen MR) is 81.1 cm³/mol. The van der Waals surface area contributed by atoms with Crippen LogP contribution in [-0.2, 0) is 4.74 Å². The zero-order valence-electron chi connectivity index (χ0n) is 12.6. The number of rotatable bonds is 3. The number of benzene rings is 1. The summed E-state index contributed by atoms with van der Waals surface area (Å²) in [5, 5.41) is 2.76. The van der Waals surface area contributed by atoms with Crippen molar-refractivity contribution in [2.24, 2.45) is 0 Å². The Morgan fingerprint density at radius 3 is 2.55 bits per heavy atom. The van der Waals surface area contributed by atoms with Gasteiger partial charge in [-0.2, -0.15) is 0 Å². The second kappa shape index (κ2) is 5.96. The molecule has 3 amide bonds. The third-order valence-corrected chi connectivity index (χ3v) is 3.27. The molecule has 2 rings (SSSR count). The number of nitrogens with one attached hydrogen (secondary N) is 1. The standard InChI is InChI=1S/C15H17ClN2O4/c1-15(2,3)22-14(21)17-7-8-18-12(19)9-5-4-6-10(16)11(9)13(18)20/h4-6H,7-8H2,1-3H3,(H,17,21). The third kappa shape index (κ3) is 3.39. The molecule has 1 aromatic carbocycles. The van der Waals surface area contributed by atoms with E-state index in [1.807, 2.05) is 0 Å². The number of carbonyl (C=O) groups excluding carboxylic acids is 3. The first-order valence-corrected chi connectivity index (χ1v) is 7.20. The molecule has 7 heteroatoms. The molecule has 0 bridgehead atoms. The van der Waals surface area contributed by atoms with E-state index in [4.69, 9.17) is 16.3 Å². The number of fused-ring (bicyclic) bond motifs is 1. The van der Waals surface area contributed by atoms with Gasteiger partial charge in [-0.1, -0.05) is 17.7 Å². The third-order valence-electron chi connectivity index (χ3n) is 2.95. The first kappa shape index (κ1) is 16.3. The maximum absolute atomic E-state index is 12.2. The Morgan fingerprint density at radius 1 is 1.27 bits per heavy atom. The van der Waals surface area contributed by atoms with E-state index in [1.165, 1.54) is 0 Å². The molecule has 1 N–H and O–H groups in total. The average Bonchev–Trinajstić information content (AvgIpc) is 2.62. The van der Waals surface area contributed by atoms with E-state index in [0.717, 1.165) is 4.90 Å². The van der Waals surface area contributed by atoms with E-state index in [0.29, 0.717) is 0 Å². The van der Waals surface area contributed by atoms with Crippen molar-refractivity contribution in [2.45, 2.75) is 26.4 Å². The second-order valence-electron chi connectivity index (χ2n) is 5.85. The Balaban J connectivity index is 1.96. The normalized spacial score (nSPS) is 14.1. The van der Waals surface area contributed by atoms with Crippen molar-refractivity contribution in [3.63, 3.8) is 0 Å². The van der Waals surface area contributed by atoms with Crippen LogP contribution in [0, 0.1) is 0 Å². The summed E-state index contributed by atoms with van der Waals surface area (Å²) in [7, 11) is 0. The Labute approximate surface area is 133 Å². The molecule has 0 fully saturated rings. The molecule has 0 unspecified atom stereocenters. The van der Waals surface area contributed by atoms with E-state index in [-0.39, 0.29) is 29.2 Å². The van der Waals surface area contributed by atoms with Crippen LogP contribution in [0.1, 0.15) is 41.5 Å². The van der Waals surface area contributed by atoms with Gasteiger partial charge in [-0.25, -0.2) is 4.79 Å². The van der Waals surface area contributed by atoms with Gasteiger partial charge < -0.3 is 10.1 Å². The van der Waals surface area contributed by atoms with Gasteiger partial charge in [-0.15, -0.1) is 0 Å². The van der Waals surface area contributed by atoms with Crippen LogP contribution in [0.4, 0.5) is 4.79 Å². The summed E-state index contributed by atoms with van der Waals surface area (Å²) in [6.45, 7) is 5.41. The molecule has 6 nitrogen and oxygen atoms in total. The van der Waals surface area contributed by atoms with Crippen LogP contribution < -0.4 is 5.32 Å². The molecule has 1 aromatic rings. The predicted octanol–water partition coefficient (Wildman–Crippen LogP) is 2.46. The van der Waals surface area contributed by atoms with Crippen molar-refractivity contribution in [3.8, 4) is 0 Å². The molecule has 0 radical (unpaired) electrons. The maximum Gasteiger partial charge on any atom is 0.407 e. The minimum Gasteiger partial charge on any atom is -0.444 e. The van der Waals surface area contributed by atoms with Gasteiger partial charge >= 0.3 is 6.09 Å². The van der Waals surface area contributed by atoms with Gasteiger partial charge in [0.2, 0.25) is 0 Å². The summed E-state index contributed by atoms with van der Waals surface area (Å²) in [5.74, 6) is -0.856. The number of halogens is 1. The highest BCUT2D eigenvalue weighted by atomic mass is 35.5. The van der Waals surface area contributed by atoms with Crippen LogP contribution in [0.2, 0.25) is 5.02 Å². The Hall–Kier alpha value is -2.08. The number of ether oxygens (including phenoxy) is 1. The molecule has 22 heavy (non-hydrogen) atoms. The molecule has 0 atom stereocenters. The van der Waals surface area contributed by atoms with E-state index in [2.05, 4.69) is 5.32 Å². The highest BCUT2D eigenvalue weighted by molar-refractivity contribution is 6.37. The summed E-state index contributed by atoms with van der Waals surface area (Å²) in [6.07, 6.45) is -0.595. The molecule has 1 heterocycles. The van der Waals surface area contributed by atoms with Crippen LogP contribution in [0.25, 0.3) is 0 Å². The zero-order valence-corrected chi connectivity index (χ0v) is 13.4. The van der Waals surface area contributed by atoms with Crippen molar-refractivity contribution in [1.82, 2.24) is 10.2 Å². The lowest BCUT2D eigenvalue weighted by Crippen LogP contribution is -2.40. The van der Waals surface area contributed by atoms with Crippen molar-refractivity contribution in [3.05, 3.63) is 34.3 Å². The Bertz CT molecular complexity index is 637. The number of amides is 3. The van der Waals surface area contributed by atoms with Gasteiger partial charge in [0, 0.05) is 13.1 Å². The first-order valence-electron chi connectivity index (χ1n) is 6.82. The van der Waals surface area contributed by atoms with E-state index >= 15 is 0 Å². The number of hydrogen-bond donors (Lipinski definition) is 1. The molecular weight excluding hydrogens is 308 g/mol. The first-order chi connectivity index (χ1) is 10.2. The summed E-state index contributed by atoms with van der Waals surface area (Å²) < 4.78 is 5.08. The van der Waals surface area contributed by atoms with Crippen molar-refractivity contribution >= 4 is 29.5 Å². The fraction of sp³-hybridized carbons (Fsp3) is 0.400. The molecule has 0 saturated heterocycles. The molecule has 0 aromatic heterocycles. The summed E-state index contributed by atoms with van der Waals surface area (Å²) >= 11 is 5.96. The number of carbonyl (C=O) groups is 3. The van der Waals surface area contributed by atoms with E-state index in [9.17, 15) is 14.4 Å².